The SMILES string of the molecule is COc1ccc(CCNc2c(C#N)c(C)nn2C)cc1. The first-order chi connectivity index (χ1) is 9.65. The molecule has 1 aromatic carbocycles. The predicted octanol–water partition coefficient (Wildman–Crippen LogP) is 2.26. The number of ether oxygens (including phenoxy) is 1. The Hall–Kier alpha value is -2.48. The van der Waals surface area contributed by atoms with Crippen molar-refractivity contribution < 1.29 is 4.74 Å². The molecule has 1 heterocycles. The average molecular weight is 270 g/mol. The molecule has 0 bridgehead atoms. The molecule has 1 N–H and O–H groups in total. The second-order valence-electron chi connectivity index (χ2n) is 4.57. The summed E-state index contributed by atoms with van der Waals surface area (Å²) >= 11 is 0. The molecule has 5 nitrogen and oxygen atoms in total. The summed E-state index contributed by atoms with van der Waals surface area (Å²) in [5.41, 5.74) is 2.58. The molecule has 0 unspecified atom stereocenters. The molecule has 0 spiro atoms. The zero-order valence-corrected chi connectivity index (χ0v) is 12.0. The van der Waals surface area contributed by atoms with E-state index in [1.807, 2.05) is 38.2 Å². The van der Waals surface area contributed by atoms with Crippen molar-refractivity contribution in [3.63, 3.8) is 0 Å². The molecule has 0 saturated carbocycles. The van der Waals surface area contributed by atoms with Crippen LogP contribution in [0, 0.1) is 18.3 Å². The fraction of sp³-hybridized carbons (Fsp3) is 0.333. The van der Waals surface area contributed by atoms with Crippen LogP contribution in [0.2, 0.25) is 0 Å². The quantitative estimate of drug-likeness (QED) is 0.905. The summed E-state index contributed by atoms with van der Waals surface area (Å²) in [7, 11) is 3.49. The Labute approximate surface area is 118 Å². The van der Waals surface area contributed by atoms with E-state index in [1.54, 1.807) is 11.8 Å². The lowest BCUT2D eigenvalue weighted by Gasteiger charge is -2.07. The largest absolute Gasteiger partial charge is 0.497 e. The van der Waals surface area contributed by atoms with E-state index in [1.165, 1.54) is 5.56 Å². The zero-order valence-electron chi connectivity index (χ0n) is 12.0. The molecule has 0 saturated heterocycles. The lowest BCUT2D eigenvalue weighted by molar-refractivity contribution is 0.414. The number of aromatic nitrogens is 2. The van der Waals surface area contributed by atoms with Crippen molar-refractivity contribution >= 4 is 5.82 Å². The molecular weight excluding hydrogens is 252 g/mol. The first kappa shape index (κ1) is 13.9. The number of rotatable bonds is 5. The van der Waals surface area contributed by atoms with E-state index in [2.05, 4.69) is 16.5 Å². The van der Waals surface area contributed by atoms with E-state index in [0.29, 0.717) is 5.56 Å². The van der Waals surface area contributed by atoms with Crippen molar-refractivity contribution in [1.29, 1.82) is 5.26 Å². The minimum absolute atomic E-state index is 0.613. The summed E-state index contributed by atoms with van der Waals surface area (Å²) in [5.74, 6) is 1.63. The van der Waals surface area contributed by atoms with E-state index < -0.39 is 0 Å². The van der Waals surface area contributed by atoms with E-state index in [9.17, 15) is 0 Å². The smallest absolute Gasteiger partial charge is 0.142 e. The van der Waals surface area contributed by atoms with E-state index in [4.69, 9.17) is 10.00 Å². The van der Waals surface area contributed by atoms with Crippen molar-refractivity contribution in [2.24, 2.45) is 7.05 Å². The monoisotopic (exact) mass is 270 g/mol. The Morgan fingerprint density at radius 1 is 1.35 bits per heavy atom. The van der Waals surface area contributed by atoms with Gasteiger partial charge in [-0.25, -0.2) is 0 Å². The molecule has 2 aromatic rings. The van der Waals surface area contributed by atoms with Crippen LogP contribution in [-0.4, -0.2) is 23.4 Å². The van der Waals surface area contributed by atoms with Gasteiger partial charge in [0.1, 0.15) is 23.2 Å². The van der Waals surface area contributed by atoms with Crippen LogP contribution in [0.3, 0.4) is 0 Å². The third kappa shape index (κ3) is 2.91. The zero-order chi connectivity index (χ0) is 14.5. The van der Waals surface area contributed by atoms with Gasteiger partial charge in [0, 0.05) is 13.6 Å². The Morgan fingerprint density at radius 2 is 2.05 bits per heavy atom. The lowest BCUT2D eigenvalue weighted by atomic mass is 10.1. The molecule has 0 aliphatic rings. The number of nitrogens with zero attached hydrogens (tertiary/aromatic N) is 3. The summed E-state index contributed by atoms with van der Waals surface area (Å²) in [5, 5.41) is 16.7. The van der Waals surface area contributed by atoms with Crippen LogP contribution in [-0.2, 0) is 13.5 Å². The molecule has 104 valence electrons. The summed E-state index contributed by atoms with van der Waals surface area (Å²) in [6.45, 7) is 2.59. The van der Waals surface area contributed by atoms with Gasteiger partial charge in [-0.15, -0.1) is 0 Å². The molecule has 0 fully saturated rings. The average Bonchev–Trinajstić information content (AvgIpc) is 2.73. The molecule has 0 aliphatic heterocycles. The number of hydrogen-bond acceptors (Lipinski definition) is 4. The summed E-state index contributed by atoms with van der Waals surface area (Å²) in [6, 6.07) is 10.2. The highest BCUT2D eigenvalue weighted by Crippen LogP contribution is 2.17. The first-order valence-electron chi connectivity index (χ1n) is 6.46. The second-order valence-corrected chi connectivity index (χ2v) is 4.57. The molecule has 0 aliphatic carbocycles. The second kappa shape index (κ2) is 6.11. The standard InChI is InChI=1S/C15H18N4O/c1-11-14(10-16)15(19(2)18-11)17-9-8-12-4-6-13(20-3)7-5-12/h4-7,17H,8-9H2,1-3H3. The van der Waals surface area contributed by atoms with Crippen LogP contribution in [0.25, 0.3) is 0 Å². The van der Waals surface area contributed by atoms with Crippen molar-refractivity contribution in [1.82, 2.24) is 9.78 Å². The Bertz CT molecular complexity index is 623. The van der Waals surface area contributed by atoms with Crippen molar-refractivity contribution in [2.75, 3.05) is 19.0 Å². The highest BCUT2D eigenvalue weighted by atomic mass is 16.5. The molecule has 20 heavy (non-hydrogen) atoms. The fourth-order valence-corrected chi connectivity index (χ4v) is 2.11. The van der Waals surface area contributed by atoms with E-state index in [-0.39, 0.29) is 0 Å². The third-order valence-electron chi connectivity index (χ3n) is 3.20. The maximum absolute atomic E-state index is 9.13. The maximum atomic E-state index is 9.13. The fourth-order valence-electron chi connectivity index (χ4n) is 2.11. The minimum atomic E-state index is 0.613. The van der Waals surface area contributed by atoms with Gasteiger partial charge in [-0.3, -0.25) is 4.68 Å². The van der Waals surface area contributed by atoms with Gasteiger partial charge >= 0.3 is 0 Å². The van der Waals surface area contributed by atoms with Crippen molar-refractivity contribution in [3.8, 4) is 11.8 Å². The minimum Gasteiger partial charge on any atom is -0.497 e. The van der Waals surface area contributed by atoms with Crippen molar-refractivity contribution in [2.45, 2.75) is 13.3 Å². The Balaban J connectivity index is 1.97. The highest BCUT2D eigenvalue weighted by Gasteiger charge is 2.11. The van der Waals surface area contributed by atoms with Gasteiger partial charge in [-0.1, -0.05) is 12.1 Å². The molecule has 1 aromatic heterocycles. The molecule has 2 rings (SSSR count). The Morgan fingerprint density at radius 3 is 2.65 bits per heavy atom. The molecule has 0 amide bonds. The van der Waals surface area contributed by atoms with Gasteiger partial charge in [0.15, 0.2) is 0 Å². The Kier molecular flexibility index (Phi) is 4.26. The van der Waals surface area contributed by atoms with Crippen molar-refractivity contribution in [3.05, 3.63) is 41.1 Å². The van der Waals surface area contributed by atoms with Crippen LogP contribution in [0.4, 0.5) is 5.82 Å². The number of aryl methyl sites for hydroxylation is 2. The van der Waals surface area contributed by atoms with Gasteiger partial charge in [0.05, 0.1) is 12.8 Å². The number of nitriles is 1. The number of nitrogens with one attached hydrogen (secondary N) is 1. The van der Waals surface area contributed by atoms with Crippen LogP contribution in [0.5, 0.6) is 5.75 Å². The molecular formula is C15H18N4O. The lowest BCUT2D eigenvalue weighted by Crippen LogP contribution is -2.09. The summed E-state index contributed by atoms with van der Waals surface area (Å²) in [4.78, 5) is 0. The predicted molar refractivity (Wildman–Crippen MR) is 77.8 cm³/mol. The van der Waals surface area contributed by atoms with Gasteiger partial charge in [-0.2, -0.15) is 10.4 Å². The topological polar surface area (TPSA) is 62.9 Å². The van der Waals surface area contributed by atoms with Gasteiger partial charge in [0.25, 0.3) is 0 Å². The van der Waals surface area contributed by atoms with Gasteiger partial charge in [0.2, 0.25) is 0 Å². The number of anilines is 1. The van der Waals surface area contributed by atoms with Crippen LogP contribution >= 0.6 is 0 Å². The molecule has 5 heteroatoms. The van der Waals surface area contributed by atoms with Gasteiger partial charge < -0.3 is 10.1 Å². The van der Waals surface area contributed by atoms with E-state index >= 15 is 0 Å². The number of benzene rings is 1. The normalized spacial score (nSPS) is 10.1. The molecule has 0 atom stereocenters. The summed E-state index contributed by atoms with van der Waals surface area (Å²) in [6.07, 6.45) is 0.874. The highest BCUT2D eigenvalue weighted by molar-refractivity contribution is 5.55. The maximum Gasteiger partial charge on any atom is 0.142 e. The third-order valence-corrected chi connectivity index (χ3v) is 3.20. The van der Waals surface area contributed by atoms with E-state index in [0.717, 1.165) is 30.2 Å². The summed E-state index contributed by atoms with van der Waals surface area (Å²) < 4.78 is 6.84. The molecule has 0 radical (unpaired) electrons. The number of hydrogen-bond donors (Lipinski definition) is 1. The van der Waals surface area contributed by atoms with Crippen LogP contribution in [0.1, 0.15) is 16.8 Å². The van der Waals surface area contributed by atoms with Gasteiger partial charge in [-0.05, 0) is 31.0 Å². The number of methoxy groups -OCH3 is 1. The van der Waals surface area contributed by atoms with Crippen LogP contribution < -0.4 is 10.1 Å². The first-order valence-corrected chi connectivity index (χ1v) is 6.46. The van der Waals surface area contributed by atoms with Crippen LogP contribution in [0.15, 0.2) is 24.3 Å².